The molecule has 6 heteroatoms. The number of carbonyl (C=O) groups is 1. The van der Waals surface area contributed by atoms with E-state index in [4.69, 9.17) is 11.6 Å². The number of hydrogen-bond donors (Lipinski definition) is 1. The van der Waals surface area contributed by atoms with E-state index in [9.17, 15) is 4.79 Å². The molecule has 0 atom stereocenters. The predicted octanol–water partition coefficient (Wildman–Crippen LogP) is 3.79. The third-order valence-electron chi connectivity index (χ3n) is 3.10. The lowest BCUT2D eigenvalue weighted by atomic mass is 10.1. The lowest BCUT2D eigenvalue weighted by Gasteiger charge is -2.08. The zero-order valence-electron chi connectivity index (χ0n) is 11.5. The van der Waals surface area contributed by atoms with Gasteiger partial charge in [-0.25, -0.2) is 0 Å². The molecule has 3 aromatic rings. The molecular formula is C16H12ClN3OS. The molecule has 0 saturated carbocycles. The summed E-state index contributed by atoms with van der Waals surface area (Å²) in [4.78, 5) is 20.9. The molecule has 1 aromatic carbocycles. The van der Waals surface area contributed by atoms with Crippen LogP contribution < -0.4 is 5.32 Å². The van der Waals surface area contributed by atoms with E-state index in [-0.39, 0.29) is 5.91 Å². The summed E-state index contributed by atoms with van der Waals surface area (Å²) in [5.41, 5.74) is 2.95. The summed E-state index contributed by atoms with van der Waals surface area (Å²) in [5.74, 6) is -0.229. The average molecular weight is 330 g/mol. The van der Waals surface area contributed by atoms with E-state index < -0.39 is 0 Å². The minimum atomic E-state index is -0.229. The topological polar surface area (TPSA) is 54.9 Å². The highest BCUT2D eigenvalue weighted by molar-refractivity contribution is 7.08. The van der Waals surface area contributed by atoms with Crippen LogP contribution in [0.3, 0.4) is 0 Å². The van der Waals surface area contributed by atoms with E-state index in [0.29, 0.717) is 17.1 Å². The van der Waals surface area contributed by atoms with Gasteiger partial charge in [0, 0.05) is 23.3 Å². The van der Waals surface area contributed by atoms with Gasteiger partial charge >= 0.3 is 0 Å². The molecule has 0 fully saturated rings. The molecule has 22 heavy (non-hydrogen) atoms. The Labute approximate surface area is 136 Å². The molecule has 110 valence electrons. The molecule has 0 aliphatic rings. The van der Waals surface area contributed by atoms with Crippen LogP contribution in [-0.2, 0) is 6.54 Å². The number of hydrogen-bond acceptors (Lipinski definition) is 4. The fraction of sp³-hybridized carbons (Fsp3) is 0.0625. The van der Waals surface area contributed by atoms with E-state index >= 15 is 0 Å². The summed E-state index contributed by atoms with van der Waals surface area (Å²) in [6, 6.07) is 8.92. The monoisotopic (exact) mass is 329 g/mol. The first-order valence-electron chi connectivity index (χ1n) is 6.61. The quantitative estimate of drug-likeness (QED) is 0.792. The van der Waals surface area contributed by atoms with Crippen LogP contribution in [0.25, 0.3) is 11.3 Å². The Bertz CT molecular complexity index is 790. The van der Waals surface area contributed by atoms with Crippen LogP contribution in [0, 0.1) is 0 Å². The molecule has 0 radical (unpaired) electrons. The number of amides is 1. The molecule has 0 spiro atoms. The molecule has 2 aromatic heterocycles. The van der Waals surface area contributed by atoms with Crippen LogP contribution >= 0.6 is 22.9 Å². The Morgan fingerprint density at radius 3 is 2.77 bits per heavy atom. The molecule has 0 aliphatic heterocycles. The summed E-state index contributed by atoms with van der Waals surface area (Å²) in [6.45, 7) is 0.295. The second-order valence-corrected chi connectivity index (χ2v) is 5.71. The fourth-order valence-electron chi connectivity index (χ4n) is 2.04. The van der Waals surface area contributed by atoms with Gasteiger partial charge in [-0.15, -0.1) is 0 Å². The van der Waals surface area contributed by atoms with Gasteiger partial charge in [-0.3, -0.25) is 14.8 Å². The zero-order valence-corrected chi connectivity index (χ0v) is 13.1. The lowest BCUT2D eigenvalue weighted by molar-refractivity contribution is 0.0950. The van der Waals surface area contributed by atoms with Crippen LogP contribution in [0.2, 0.25) is 5.02 Å². The number of carbonyl (C=O) groups excluding carboxylic acids is 1. The molecule has 0 unspecified atom stereocenters. The van der Waals surface area contributed by atoms with Crippen LogP contribution in [0.15, 0.2) is 53.5 Å². The fourth-order valence-corrected chi connectivity index (χ4v) is 2.90. The van der Waals surface area contributed by atoms with Crippen LogP contribution in [0.1, 0.15) is 16.1 Å². The van der Waals surface area contributed by atoms with Crippen molar-refractivity contribution < 1.29 is 4.79 Å². The molecule has 4 nitrogen and oxygen atoms in total. The first-order chi connectivity index (χ1) is 10.8. The highest BCUT2D eigenvalue weighted by atomic mass is 35.5. The predicted molar refractivity (Wildman–Crippen MR) is 88.0 cm³/mol. The van der Waals surface area contributed by atoms with Crippen LogP contribution in [-0.4, -0.2) is 15.9 Å². The number of halogens is 1. The van der Waals surface area contributed by atoms with Gasteiger partial charge in [-0.05, 0) is 23.6 Å². The maximum absolute atomic E-state index is 12.2. The van der Waals surface area contributed by atoms with Gasteiger partial charge in [-0.2, -0.15) is 11.3 Å². The van der Waals surface area contributed by atoms with Crippen molar-refractivity contribution in [2.45, 2.75) is 6.54 Å². The van der Waals surface area contributed by atoms with E-state index in [1.165, 1.54) is 0 Å². The molecule has 0 bridgehead atoms. The van der Waals surface area contributed by atoms with E-state index in [1.54, 1.807) is 48.0 Å². The van der Waals surface area contributed by atoms with Crippen LogP contribution in [0.5, 0.6) is 0 Å². The molecule has 0 aliphatic carbocycles. The lowest BCUT2D eigenvalue weighted by Crippen LogP contribution is -2.24. The van der Waals surface area contributed by atoms with Crippen molar-refractivity contribution in [3.63, 3.8) is 0 Å². The first-order valence-corrected chi connectivity index (χ1v) is 7.93. The second kappa shape index (κ2) is 6.68. The van der Waals surface area contributed by atoms with Gasteiger partial charge in [0.15, 0.2) is 0 Å². The maximum Gasteiger partial charge on any atom is 0.253 e. The van der Waals surface area contributed by atoms with Crippen molar-refractivity contribution in [1.82, 2.24) is 15.3 Å². The van der Waals surface area contributed by atoms with E-state index in [0.717, 1.165) is 17.0 Å². The third kappa shape index (κ3) is 3.16. The first kappa shape index (κ1) is 14.7. The Balaban J connectivity index is 1.78. The Morgan fingerprint density at radius 1 is 1.18 bits per heavy atom. The third-order valence-corrected chi connectivity index (χ3v) is 4.12. The summed E-state index contributed by atoms with van der Waals surface area (Å²) < 4.78 is 0. The summed E-state index contributed by atoms with van der Waals surface area (Å²) in [6.07, 6.45) is 3.26. The van der Waals surface area contributed by atoms with Gasteiger partial charge in [0.1, 0.15) is 0 Å². The van der Waals surface area contributed by atoms with Crippen molar-refractivity contribution >= 4 is 28.8 Å². The number of benzene rings is 1. The number of thiophene rings is 1. The van der Waals surface area contributed by atoms with Gasteiger partial charge in [-0.1, -0.05) is 23.7 Å². The van der Waals surface area contributed by atoms with Crippen molar-refractivity contribution in [1.29, 1.82) is 0 Å². The Hall–Kier alpha value is -2.24. The van der Waals surface area contributed by atoms with Gasteiger partial charge in [0.05, 0.1) is 28.5 Å². The SMILES string of the molecule is O=C(NCc1nccnc1-c1ccsc1)c1ccccc1Cl. The van der Waals surface area contributed by atoms with E-state index in [1.807, 2.05) is 16.8 Å². The molecule has 0 saturated heterocycles. The normalized spacial score (nSPS) is 10.4. The smallest absolute Gasteiger partial charge is 0.253 e. The molecule has 1 N–H and O–H groups in total. The average Bonchev–Trinajstić information content (AvgIpc) is 3.07. The molecule has 3 rings (SSSR count). The van der Waals surface area contributed by atoms with Crippen LogP contribution in [0.4, 0.5) is 0 Å². The number of nitrogens with zero attached hydrogens (tertiary/aromatic N) is 2. The minimum absolute atomic E-state index is 0.229. The molecular weight excluding hydrogens is 318 g/mol. The summed E-state index contributed by atoms with van der Waals surface area (Å²) in [7, 11) is 0. The number of nitrogens with one attached hydrogen (secondary N) is 1. The summed E-state index contributed by atoms with van der Waals surface area (Å²) >= 11 is 7.62. The van der Waals surface area contributed by atoms with Gasteiger partial charge in [0.25, 0.3) is 5.91 Å². The standard InChI is InChI=1S/C16H12ClN3OS/c17-13-4-2-1-3-12(13)16(21)20-9-14-15(19-7-6-18-14)11-5-8-22-10-11/h1-8,10H,9H2,(H,20,21). The van der Waals surface area contributed by atoms with E-state index in [2.05, 4.69) is 15.3 Å². The zero-order chi connectivity index (χ0) is 15.4. The highest BCUT2D eigenvalue weighted by Gasteiger charge is 2.12. The number of rotatable bonds is 4. The minimum Gasteiger partial charge on any atom is -0.346 e. The summed E-state index contributed by atoms with van der Waals surface area (Å²) in [5, 5.41) is 7.25. The Morgan fingerprint density at radius 2 is 2.00 bits per heavy atom. The van der Waals surface area contributed by atoms with Crippen molar-refractivity contribution in [3.05, 3.63) is 69.8 Å². The molecule has 2 heterocycles. The molecule has 1 amide bonds. The number of aromatic nitrogens is 2. The van der Waals surface area contributed by atoms with Crippen molar-refractivity contribution in [2.24, 2.45) is 0 Å². The second-order valence-electron chi connectivity index (χ2n) is 4.53. The van der Waals surface area contributed by atoms with Crippen molar-refractivity contribution in [2.75, 3.05) is 0 Å². The van der Waals surface area contributed by atoms with Gasteiger partial charge < -0.3 is 5.32 Å². The van der Waals surface area contributed by atoms with Crippen molar-refractivity contribution in [3.8, 4) is 11.3 Å². The maximum atomic E-state index is 12.2. The van der Waals surface area contributed by atoms with Gasteiger partial charge in [0.2, 0.25) is 0 Å². The largest absolute Gasteiger partial charge is 0.346 e. The Kier molecular flexibility index (Phi) is 4.46. The highest BCUT2D eigenvalue weighted by Crippen LogP contribution is 2.22.